The van der Waals surface area contributed by atoms with Crippen molar-refractivity contribution in [3.63, 3.8) is 0 Å². The van der Waals surface area contributed by atoms with Crippen molar-refractivity contribution in [1.29, 1.82) is 0 Å². The lowest BCUT2D eigenvalue weighted by molar-refractivity contribution is -0.313. The molecule has 0 radical (unpaired) electrons. The third-order valence-electron chi connectivity index (χ3n) is 4.32. The molecule has 2 fully saturated rings. The molecule has 0 spiro atoms. The zero-order valence-electron chi connectivity index (χ0n) is 13.8. The van der Waals surface area contributed by atoms with Gasteiger partial charge in [0.15, 0.2) is 12.6 Å². The summed E-state index contributed by atoms with van der Waals surface area (Å²) in [5.74, 6) is -0.520. The van der Waals surface area contributed by atoms with Crippen molar-refractivity contribution in [1.82, 2.24) is 5.32 Å². The van der Waals surface area contributed by atoms with Gasteiger partial charge in [0.2, 0.25) is 5.91 Å². The Morgan fingerprint density at radius 3 is 2.20 bits per heavy atom. The minimum atomic E-state index is -1.58. The smallest absolute Gasteiger partial charge is 0.217 e. The average molecular weight is 367 g/mol. The molecule has 11 heteroatoms. The van der Waals surface area contributed by atoms with Gasteiger partial charge in [0, 0.05) is 6.92 Å². The van der Waals surface area contributed by atoms with E-state index in [4.69, 9.17) is 14.2 Å². The zero-order chi connectivity index (χ0) is 18.9. The van der Waals surface area contributed by atoms with E-state index in [-0.39, 0.29) is 6.61 Å². The van der Waals surface area contributed by atoms with Gasteiger partial charge in [0.05, 0.1) is 12.7 Å². The molecule has 7 N–H and O–H groups in total. The van der Waals surface area contributed by atoms with E-state index in [1.54, 1.807) is 0 Å². The van der Waals surface area contributed by atoms with Crippen molar-refractivity contribution in [3.8, 4) is 0 Å². The van der Waals surface area contributed by atoms with Crippen LogP contribution in [0.15, 0.2) is 0 Å². The summed E-state index contributed by atoms with van der Waals surface area (Å²) in [7, 11) is 0. The third-order valence-corrected chi connectivity index (χ3v) is 4.32. The van der Waals surface area contributed by atoms with Gasteiger partial charge in [-0.25, -0.2) is 0 Å². The number of amides is 1. The van der Waals surface area contributed by atoms with Crippen LogP contribution in [0.1, 0.15) is 13.8 Å². The lowest BCUT2D eigenvalue weighted by Crippen LogP contribution is -2.64. The maximum Gasteiger partial charge on any atom is 0.217 e. The molecule has 0 aliphatic carbocycles. The molecule has 146 valence electrons. The average Bonchev–Trinajstić information content (AvgIpc) is 2.55. The molecule has 25 heavy (non-hydrogen) atoms. The first-order valence-corrected chi connectivity index (χ1v) is 7.91. The number of aliphatic hydroxyl groups excluding tert-OH is 6. The van der Waals surface area contributed by atoms with E-state index >= 15 is 0 Å². The summed E-state index contributed by atoms with van der Waals surface area (Å²) in [6, 6.07) is -1.21. The van der Waals surface area contributed by atoms with Crippen LogP contribution in [0.5, 0.6) is 0 Å². The quantitative estimate of drug-likeness (QED) is 0.257. The minimum Gasteiger partial charge on any atom is -0.388 e. The van der Waals surface area contributed by atoms with Crippen LogP contribution in [0.25, 0.3) is 0 Å². The van der Waals surface area contributed by atoms with E-state index in [0.717, 1.165) is 0 Å². The number of carbonyl (C=O) groups is 1. The van der Waals surface area contributed by atoms with Crippen LogP contribution >= 0.6 is 0 Å². The van der Waals surface area contributed by atoms with Crippen LogP contribution in [0.4, 0.5) is 0 Å². The van der Waals surface area contributed by atoms with Crippen molar-refractivity contribution >= 4 is 5.91 Å². The van der Waals surface area contributed by atoms with Crippen LogP contribution < -0.4 is 5.32 Å². The van der Waals surface area contributed by atoms with Crippen molar-refractivity contribution in [2.24, 2.45) is 0 Å². The number of ether oxygens (including phenoxy) is 3. The van der Waals surface area contributed by atoms with Crippen LogP contribution in [-0.2, 0) is 19.0 Å². The maximum atomic E-state index is 11.1. The molecule has 0 aromatic carbocycles. The molecular formula is C14H25NO10. The highest BCUT2D eigenvalue weighted by Crippen LogP contribution is 2.24. The number of rotatable bonds is 4. The Morgan fingerprint density at radius 1 is 0.960 bits per heavy atom. The summed E-state index contributed by atoms with van der Waals surface area (Å²) in [5, 5.41) is 61.4. The minimum absolute atomic E-state index is 0.390. The van der Waals surface area contributed by atoms with Gasteiger partial charge in [-0.1, -0.05) is 0 Å². The fourth-order valence-corrected chi connectivity index (χ4v) is 2.82. The molecule has 10 atom stereocenters. The lowest BCUT2D eigenvalue weighted by Gasteiger charge is -2.42. The maximum absolute atomic E-state index is 11.1. The van der Waals surface area contributed by atoms with Crippen LogP contribution in [0, 0.1) is 0 Å². The van der Waals surface area contributed by atoms with Gasteiger partial charge in [-0.2, -0.15) is 0 Å². The molecule has 1 amide bonds. The van der Waals surface area contributed by atoms with Gasteiger partial charge < -0.3 is 50.2 Å². The standard InChI is InChI=1S/C14H25NO10/c1-4-8(17)11(20)12(21)14(24-4)23-3-6-9(18)10(19)7(13(22)25-6)15-5(2)16/h4,6-14,17-22H,3H2,1-2H3,(H,15,16)/t4-,6+,7+,8+,9-,10+,11+,12-,13?,14-/m0/s1. The Morgan fingerprint density at radius 2 is 1.60 bits per heavy atom. The van der Waals surface area contributed by atoms with Crippen LogP contribution in [0.2, 0.25) is 0 Å². The van der Waals surface area contributed by atoms with E-state index in [2.05, 4.69) is 5.32 Å². The Labute approximate surface area is 143 Å². The van der Waals surface area contributed by atoms with Crippen LogP contribution in [0.3, 0.4) is 0 Å². The number of hydrogen-bond donors (Lipinski definition) is 7. The molecule has 0 aromatic rings. The summed E-state index contributed by atoms with van der Waals surface area (Å²) >= 11 is 0. The van der Waals surface area contributed by atoms with E-state index in [1.807, 2.05) is 0 Å². The molecule has 2 aliphatic rings. The van der Waals surface area contributed by atoms with E-state index in [0.29, 0.717) is 0 Å². The summed E-state index contributed by atoms with van der Waals surface area (Å²) in [5.41, 5.74) is 0. The van der Waals surface area contributed by atoms with Crippen LogP contribution in [-0.4, -0.2) is 105 Å². The van der Waals surface area contributed by atoms with Gasteiger partial charge in [-0.15, -0.1) is 0 Å². The van der Waals surface area contributed by atoms with Gasteiger partial charge in [-0.05, 0) is 6.92 Å². The SMILES string of the molecule is CC(=O)N[C@H]1C(O)O[C@H](CO[C@H]2O[C@@H](C)[C@@H](O)[C@@H](O)[C@@H]2O)[C@H](O)[C@@H]1O. The highest BCUT2D eigenvalue weighted by Gasteiger charge is 2.46. The number of hydrogen-bond acceptors (Lipinski definition) is 10. The van der Waals surface area contributed by atoms with Gasteiger partial charge >= 0.3 is 0 Å². The second-order valence-electron chi connectivity index (χ2n) is 6.29. The molecule has 0 saturated carbocycles. The van der Waals surface area contributed by atoms with Crippen molar-refractivity contribution in [2.75, 3.05) is 6.61 Å². The fourth-order valence-electron chi connectivity index (χ4n) is 2.82. The summed E-state index contributed by atoms with van der Waals surface area (Å²) in [4.78, 5) is 11.1. The molecule has 2 heterocycles. The molecule has 11 nitrogen and oxygen atoms in total. The van der Waals surface area contributed by atoms with Gasteiger partial charge in [0.1, 0.15) is 42.7 Å². The van der Waals surface area contributed by atoms with E-state index < -0.39 is 67.3 Å². The fraction of sp³-hybridized carbons (Fsp3) is 0.929. The first kappa shape index (κ1) is 20.4. The molecule has 0 bridgehead atoms. The molecule has 1 unspecified atom stereocenters. The Kier molecular flexibility index (Phi) is 6.70. The monoisotopic (exact) mass is 367 g/mol. The van der Waals surface area contributed by atoms with Crippen molar-refractivity contribution in [3.05, 3.63) is 0 Å². The van der Waals surface area contributed by atoms with Gasteiger partial charge in [-0.3, -0.25) is 4.79 Å². The highest BCUT2D eigenvalue weighted by molar-refractivity contribution is 5.73. The van der Waals surface area contributed by atoms with Crippen molar-refractivity contribution in [2.45, 2.75) is 75.2 Å². The number of carbonyl (C=O) groups excluding carboxylic acids is 1. The largest absolute Gasteiger partial charge is 0.388 e. The topological polar surface area (TPSA) is 178 Å². The predicted octanol–water partition coefficient (Wildman–Crippen LogP) is -4.23. The van der Waals surface area contributed by atoms with E-state index in [9.17, 15) is 35.4 Å². The first-order chi connectivity index (χ1) is 11.6. The van der Waals surface area contributed by atoms with Crippen molar-refractivity contribution < 1.29 is 49.6 Å². The second-order valence-corrected chi connectivity index (χ2v) is 6.29. The Balaban J connectivity index is 1.94. The molecular weight excluding hydrogens is 342 g/mol. The second kappa shape index (κ2) is 8.20. The normalized spacial score (nSPS) is 48.2. The lowest BCUT2D eigenvalue weighted by atomic mass is 9.97. The summed E-state index contributed by atoms with van der Waals surface area (Å²) in [6.07, 6.45) is -12.2. The molecule has 0 aromatic heterocycles. The Bertz CT molecular complexity index is 465. The number of aliphatic hydroxyl groups is 6. The Hall–Kier alpha value is -0.890. The summed E-state index contributed by atoms with van der Waals surface area (Å²) in [6.45, 7) is 2.27. The molecule has 2 rings (SSSR count). The van der Waals surface area contributed by atoms with Gasteiger partial charge in [0.25, 0.3) is 0 Å². The highest BCUT2D eigenvalue weighted by atomic mass is 16.7. The third kappa shape index (κ3) is 4.45. The molecule has 2 saturated heterocycles. The predicted molar refractivity (Wildman–Crippen MR) is 78.8 cm³/mol. The number of nitrogens with one attached hydrogen (secondary N) is 1. The summed E-state index contributed by atoms with van der Waals surface area (Å²) < 4.78 is 15.6. The molecule has 2 aliphatic heterocycles. The zero-order valence-corrected chi connectivity index (χ0v) is 13.8. The van der Waals surface area contributed by atoms with E-state index in [1.165, 1.54) is 13.8 Å². The first-order valence-electron chi connectivity index (χ1n) is 7.91.